The van der Waals surface area contributed by atoms with Gasteiger partial charge in [0, 0.05) is 6.07 Å². The van der Waals surface area contributed by atoms with E-state index in [1.54, 1.807) is 6.92 Å². The fourth-order valence-corrected chi connectivity index (χ4v) is 3.11. The summed E-state index contributed by atoms with van der Waals surface area (Å²) in [5, 5.41) is 2.16. The first-order valence-corrected chi connectivity index (χ1v) is 8.60. The number of anilines is 1. The molecule has 0 radical (unpaired) electrons. The van der Waals surface area contributed by atoms with Crippen LogP contribution in [0.3, 0.4) is 0 Å². The molecule has 0 atom stereocenters. The number of hydrogen-bond acceptors (Lipinski definition) is 4. The molecule has 0 aliphatic rings. The SMILES string of the molecule is COc1ccc(S(=O)(=O)NCC(=O)Nc2ccc(F)cc2F)cc1C. The van der Waals surface area contributed by atoms with Crippen molar-refractivity contribution in [1.29, 1.82) is 0 Å². The van der Waals surface area contributed by atoms with Gasteiger partial charge in [-0.1, -0.05) is 0 Å². The molecule has 6 nitrogen and oxygen atoms in total. The van der Waals surface area contributed by atoms with Crippen LogP contribution in [0.2, 0.25) is 0 Å². The maximum absolute atomic E-state index is 13.5. The topological polar surface area (TPSA) is 84.5 Å². The lowest BCUT2D eigenvalue weighted by molar-refractivity contribution is -0.115. The zero-order valence-electron chi connectivity index (χ0n) is 13.5. The first-order chi connectivity index (χ1) is 11.7. The van der Waals surface area contributed by atoms with E-state index in [1.165, 1.54) is 25.3 Å². The Labute approximate surface area is 143 Å². The fourth-order valence-electron chi connectivity index (χ4n) is 2.05. The molecule has 25 heavy (non-hydrogen) atoms. The van der Waals surface area contributed by atoms with Gasteiger partial charge in [-0.2, -0.15) is 0 Å². The number of sulfonamides is 1. The fraction of sp³-hybridized carbons (Fsp3) is 0.188. The van der Waals surface area contributed by atoms with Crippen LogP contribution in [0.4, 0.5) is 14.5 Å². The molecule has 9 heteroatoms. The normalized spacial score (nSPS) is 11.2. The van der Waals surface area contributed by atoms with Crippen molar-refractivity contribution in [3.8, 4) is 5.75 Å². The van der Waals surface area contributed by atoms with Crippen molar-refractivity contribution in [2.45, 2.75) is 11.8 Å². The van der Waals surface area contributed by atoms with Gasteiger partial charge in [0.05, 0.1) is 24.2 Å². The molecule has 0 fully saturated rings. The molecule has 0 saturated heterocycles. The summed E-state index contributed by atoms with van der Waals surface area (Å²) in [7, 11) is -2.47. The number of carbonyl (C=O) groups is 1. The summed E-state index contributed by atoms with van der Waals surface area (Å²) in [6.07, 6.45) is 0. The van der Waals surface area contributed by atoms with Gasteiger partial charge in [-0.05, 0) is 42.8 Å². The smallest absolute Gasteiger partial charge is 0.241 e. The van der Waals surface area contributed by atoms with Gasteiger partial charge in [0.25, 0.3) is 0 Å². The third kappa shape index (κ3) is 4.74. The van der Waals surface area contributed by atoms with E-state index in [4.69, 9.17) is 4.74 Å². The van der Waals surface area contributed by atoms with E-state index in [0.717, 1.165) is 12.1 Å². The number of rotatable bonds is 6. The number of benzene rings is 2. The number of nitrogens with one attached hydrogen (secondary N) is 2. The summed E-state index contributed by atoms with van der Waals surface area (Å²) in [6.45, 7) is 1.08. The first kappa shape index (κ1) is 18.8. The molecule has 0 aliphatic heterocycles. The molecule has 2 rings (SSSR count). The highest BCUT2D eigenvalue weighted by molar-refractivity contribution is 7.89. The van der Waals surface area contributed by atoms with Gasteiger partial charge in [0.15, 0.2) is 0 Å². The molecule has 2 aromatic rings. The van der Waals surface area contributed by atoms with Crippen LogP contribution in [-0.4, -0.2) is 28.0 Å². The lowest BCUT2D eigenvalue weighted by Gasteiger charge is -2.10. The summed E-state index contributed by atoms with van der Waals surface area (Å²) >= 11 is 0. The lowest BCUT2D eigenvalue weighted by Crippen LogP contribution is -2.33. The van der Waals surface area contributed by atoms with Crippen molar-refractivity contribution in [2.24, 2.45) is 0 Å². The monoisotopic (exact) mass is 370 g/mol. The number of amides is 1. The Bertz CT molecular complexity index is 901. The summed E-state index contributed by atoms with van der Waals surface area (Å²) in [4.78, 5) is 11.7. The lowest BCUT2D eigenvalue weighted by atomic mass is 10.2. The Hall–Kier alpha value is -2.52. The average Bonchev–Trinajstić information content (AvgIpc) is 2.55. The second kappa shape index (κ2) is 7.58. The van der Waals surface area contributed by atoms with Crippen LogP contribution in [0.25, 0.3) is 0 Å². The number of ether oxygens (including phenoxy) is 1. The summed E-state index contributed by atoms with van der Waals surface area (Å²) in [5.41, 5.74) is 0.370. The van der Waals surface area contributed by atoms with E-state index < -0.39 is 34.1 Å². The number of halogens is 2. The summed E-state index contributed by atoms with van der Waals surface area (Å²) in [6, 6.07) is 6.87. The Morgan fingerprint density at radius 1 is 1.16 bits per heavy atom. The van der Waals surface area contributed by atoms with Gasteiger partial charge in [0.2, 0.25) is 15.9 Å². The van der Waals surface area contributed by atoms with Gasteiger partial charge in [-0.25, -0.2) is 21.9 Å². The molecule has 0 bridgehead atoms. The van der Waals surface area contributed by atoms with Crippen LogP contribution in [-0.2, 0) is 14.8 Å². The minimum absolute atomic E-state index is 0.0356. The molecule has 2 N–H and O–H groups in total. The predicted octanol–water partition coefficient (Wildman–Crippen LogP) is 2.20. The first-order valence-electron chi connectivity index (χ1n) is 7.12. The third-order valence-corrected chi connectivity index (χ3v) is 4.70. The molecule has 0 saturated carbocycles. The summed E-state index contributed by atoms with van der Waals surface area (Å²) < 4.78 is 57.8. The van der Waals surface area contributed by atoms with E-state index in [2.05, 4.69) is 10.0 Å². The van der Waals surface area contributed by atoms with Crippen LogP contribution < -0.4 is 14.8 Å². The number of aryl methyl sites for hydroxylation is 1. The van der Waals surface area contributed by atoms with Gasteiger partial charge in [-0.15, -0.1) is 0 Å². The Balaban J connectivity index is 2.03. The molecule has 0 unspecified atom stereocenters. The second-order valence-corrected chi connectivity index (χ2v) is 6.90. The average molecular weight is 370 g/mol. The van der Waals surface area contributed by atoms with Crippen molar-refractivity contribution in [3.05, 3.63) is 53.6 Å². The Kier molecular flexibility index (Phi) is 5.70. The zero-order valence-corrected chi connectivity index (χ0v) is 14.3. The molecule has 1 amide bonds. The number of carbonyl (C=O) groups excluding carboxylic acids is 1. The largest absolute Gasteiger partial charge is 0.496 e. The van der Waals surface area contributed by atoms with E-state index in [9.17, 15) is 22.0 Å². The van der Waals surface area contributed by atoms with Crippen LogP contribution in [0, 0.1) is 18.6 Å². The number of hydrogen-bond donors (Lipinski definition) is 2. The van der Waals surface area contributed by atoms with Gasteiger partial charge < -0.3 is 10.1 Å². The van der Waals surface area contributed by atoms with Crippen LogP contribution >= 0.6 is 0 Å². The van der Waals surface area contributed by atoms with Gasteiger partial charge in [0.1, 0.15) is 17.4 Å². The summed E-state index contributed by atoms with van der Waals surface area (Å²) in [5.74, 6) is -2.00. The molecule has 0 aromatic heterocycles. The van der Waals surface area contributed by atoms with Crippen molar-refractivity contribution < 1.29 is 26.7 Å². The Morgan fingerprint density at radius 2 is 1.88 bits per heavy atom. The van der Waals surface area contributed by atoms with Gasteiger partial charge in [-0.3, -0.25) is 4.79 Å². The highest BCUT2D eigenvalue weighted by Crippen LogP contribution is 2.21. The van der Waals surface area contributed by atoms with Crippen molar-refractivity contribution in [3.63, 3.8) is 0 Å². The Morgan fingerprint density at radius 3 is 2.48 bits per heavy atom. The van der Waals surface area contributed by atoms with E-state index in [-0.39, 0.29) is 10.6 Å². The minimum atomic E-state index is -3.93. The van der Waals surface area contributed by atoms with Crippen molar-refractivity contribution >= 4 is 21.6 Å². The molecular formula is C16H16F2N2O4S. The highest BCUT2D eigenvalue weighted by Gasteiger charge is 2.17. The van der Waals surface area contributed by atoms with Crippen molar-refractivity contribution in [2.75, 3.05) is 19.0 Å². The molecule has 2 aromatic carbocycles. The zero-order chi connectivity index (χ0) is 18.6. The minimum Gasteiger partial charge on any atom is -0.496 e. The molecular weight excluding hydrogens is 354 g/mol. The second-order valence-electron chi connectivity index (χ2n) is 5.13. The van der Waals surface area contributed by atoms with Crippen molar-refractivity contribution in [1.82, 2.24) is 4.72 Å². The molecule has 0 heterocycles. The van der Waals surface area contributed by atoms with E-state index >= 15 is 0 Å². The molecule has 0 aliphatic carbocycles. The quantitative estimate of drug-likeness (QED) is 0.816. The van der Waals surface area contributed by atoms with Gasteiger partial charge >= 0.3 is 0 Å². The van der Waals surface area contributed by atoms with Crippen LogP contribution in [0.15, 0.2) is 41.3 Å². The van der Waals surface area contributed by atoms with Crippen LogP contribution in [0.5, 0.6) is 5.75 Å². The standard InChI is InChI=1S/C16H16F2N2O4S/c1-10-7-12(4-6-15(10)24-2)25(22,23)19-9-16(21)20-14-5-3-11(17)8-13(14)18/h3-8,19H,9H2,1-2H3,(H,20,21). The van der Waals surface area contributed by atoms with E-state index in [0.29, 0.717) is 17.4 Å². The molecule has 0 spiro atoms. The van der Waals surface area contributed by atoms with Crippen LogP contribution in [0.1, 0.15) is 5.56 Å². The predicted molar refractivity (Wildman–Crippen MR) is 87.9 cm³/mol. The van der Waals surface area contributed by atoms with E-state index in [1.807, 2.05) is 0 Å². The third-order valence-electron chi connectivity index (χ3n) is 3.30. The number of methoxy groups -OCH3 is 1. The highest BCUT2D eigenvalue weighted by atomic mass is 32.2. The molecule has 134 valence electrons. The maximum atomic E-state index is 13.5. The maximum Gasteiger partial charge on any atom is 0.241 e.